The fourth-order valence-corrected chi connectivity index (χ4v) is 1.85. The summed E-state index contributed by atoms with van der Waals surface area (Å²) in [4.78, 5) is 14.8. The third-order valence-corrected chi connectivity index (χ3v) is 2.57. The Balaban J connectivity index is 2.74. The molecule has 0 spiro atoms. The molecular weight excluding hydrogens is 194 g/mol. The number of aryl methyl sites for hydroxylation is 1. The first-order valence-corrected chi connectivity index (χ1v) is 5.00. The highest BCUT2D eigenvalue weighted by atomic mass is 32.1. The zero-order valence-electron chi connectivity index (χ0n) is 7.83. The number of aromatic amines is 1. The van der Waals surface area contributed by atoms with E-state index < -0.39 is 0 Å². The topological polar surface area (TPSA) is 32.9 Å². The van der Waals surface area contributed by atoms with Gasteiger partial charge in [-0.25, -0.2) is 0 Å². The molecule has 1 aromatic heterocycles. The van der Waals surface area contributed by atoms with Crippen LogP contribution in [0, 0.1) is 6.92 Å². The van der Waals surface area contributed by atoms with Crippen molar-refractivity contribution in [3.8, 4) is 0 Å². The molecule has 1 N–H and O–H groups in total. The summed E-state index contributed by atoms with van der Waals surface area (Å²) in [6.07, 6.45) is 0. The van der Waals surface area contributed by atoms with Gasteiger partial charge in [0, 0.05) is 22.2 Å². The van der Waals surface area contributed by atoms with Gasteiger partial charge in [-0.15, -0.1) is 0 Å². The van der Waals surface area contributed by atoms with Crippen LogP contribution in [0.4, 0.5) is 0 Å². The number of hydrogen-bond donors (Lipinski definition) is 1. The second-order valence-corrected chi connectivity index (χ2v) is 3.53. The second-order valence-electron chi connectivity index (χ2n) is 3.24. The lowest BCUT2D eigenvalue weighted by Crippen LogP contribution is -2.01. The van der Waals surface area contributed by atoms with Gasteiger partial charge in [0.1, 0.15) is 0 Å². The number of benzene rings is 1. The third kappa shape index (κ3) is 1.34. The Morgan fingerprint density at radius 3 is 2.86 bits per heavy atom. The number of carbonyl (C=O) groups excluding carboxylic acids is 1. The van der Waals surface area contributed by atoms with E-state index in [-0.39, 0.29) is 11.5 Å². The van der Waals surface area contributed by atoms with Crippen molar-refractivity contribution in [2.24, 2.45) is 0 Å². The fourth-order valence-electron chi connectivity index (χ4n) is 1.71. The minimum atomic E-state index is 0.0231. The van der Waals surface area contributed by atoms with Gasteiger partial charge in [-0.1, -0.05) is 30.8 Å². The van der Waals surface area contributed by atoms with E-state index in [2.05, 4.69) is 4.98 Å². The summed E-state index contributed by atoms with van der Waals surface area (Å²) in [5.41, 5.74) is 2.65. The van der Waals surface area contributed by atoms with Crippen molar-refractivity contribution in [2.45, 2.75) is 6.92 Å². The van der Waals surface area contributed by atoms with E-state index in [1.54, 1.807) is 0 Å². The Hall–Kier alpha value is -1.22. The molecule has 0 saturated heterocycles. The van der Waals surface area contributed by atoms with E-state index in [1.807, 2.05) is 31.2 Å². The van der Waals surface area contributed by atoms with Crippen LogP contribution in [-0.2, 0) is 0 Å². The molecule has 0 fully saturated rings. The SMILES string of the molecule is Cc1[nH]c2ccccc2c1C(=O)C[S]. The minimum absolute atomic E-state index is 0.0231. The summed E-state index contributed by atoms with van der Waals surface area (Å²) in [7, 11) is 0. The number of H-pyrrole nitrogens is 1. The number of fused-ring (bicyclic) bond motifs is 1. The van der Waals surface area contributed by atoms with Gasteiger partial charge in [-0.3, -0.25) is 4.79 Å². The molecule has 1 radical (unpaired) electrons. The van der Waals surface area contributed by atoms with E-state index in [0.29, 0.717) is 0 Å². The number of hydrogen-bond acceptors (Lipinski definition) is 1. The average molecular weight is 204 g/mol. The van der Waals surface area contributed by atoms with Crippen molar-refractivity contribution < 1.29 is 4.79 Å². The van der Waals surface area contributed by atoms with Crippen LogP contribution < -0.4 is 0 Å². The van der Waals surface area contributed by atoms with Crippen molar-refractivity contribution in [3.63, 3.8) is 0 Å². The molecule has 0 saturated carbocycles. The smallest absolute Gasteiger partial charge is 0.176 e. The lowest BCUT2D eigenvalue weighted by Gasteiger charge is -1.95. The average Bonchev–Trinajstić information content (AvgIpc) is 2.53. The normalized spacial score (nSPS) is 10.7. The van der Waals surface area contributed by atoms with Gasteiger partial charge < -0.3 is 4.98 Å². The van der Waals surface area contributed by atoms with Gasteiger partial charge in [-0.05, 0) is 13.0 Å². The molecule has 1 aromatic carbocycles. The molecule has 0 atom stereocenters. The van der Waals surface area contributed by atoms with Crippen molar-refractivity contribution in [3.05, 3.63) is 35.5 Å². The van der Waals surface area contributed by atoms with Crippen molar-refractivity contribution in [1.82, 2.24) is 4.98 Å². The first-order valence-electron chi connectivity index (χ1n) is 4.42. The van der Waals surface area contributed by atoms with E-state index in [9.17, 15) is 4.79 Å². The number of Topliss-reactive ketones (excluding diaryl/α,β-unsaturated/α-hetero) is 1. The quantitative estimate of drug-likeness (QED) is 0.750. The zero-order chi connectivity index (χ0) is 10.1. The molecule has 2 nitrogen and oxygen atoms in total. The standard InChI is InChI=1S/C11H10NOS/c1-7-11(10(13)6-14)8-4-2-3-5-9(8)12-7/h2-5,12H,6H2,1H3. The third-order valence-electron chi connectivity index (χ3n) is 2.30. The van der Waals surface area contributed by atoms with Crippen LogP contribution in [0.3, 0.4) is 0 Å². The summed E-state index contributed by atoms with van der Waals surface area (Å²) in [5, 5.41) is 0.972. The van der Waals surface area contributed by atoms with Gasteiger partial charge in [0.2, 0.25) is 0 Å². The van der Waals surface area contributed by atoms with E-state index in [1.165, 1.54) is 0 Å². The van der Waals surface area contributed by atoms with Crippen molar-refractivity contribution in [1.29, 1.82) is 0 Å². The van der Waals surface area contributed by atoms with Gasteiger partial charge in [0.05, 0.1) is 5.75 Å². The van der Waals surface area contributed by atoms with Crippen molar-refractivity contribution in [2.75, 3.05) is 5.75 Å². The molecule has 0 aliphatic carbocycles. The van der Waals surface area contributed by atoms with Crippen LogP contribution in [0.5, 0.6) is 0 Å². The molecule has 0 bridgehead atoms. The lowest BCUT2D eigenvalue weighted by molar-refractivity contribution is 0.102. The zero-order valence-corrected chi connectivity index (χ0v) is 8.65. The predicted octanol–water partition coefficient (Wildman–Crippen LogP) is 2.86. The lowest BCUT2D eigenvalue weighted by atomic mass is 10.1. The largest absolute Gasteiger partial charge is 0.358 e. The Bertz CT molecular complexity index is 487. The number of para-hydroxylation sites is 1. The maximum atomic E-state index is 11.6. The molecule has 2 aromatic rings. The van der Waals surface area contributed by atoms with E-state index >= 15 is 0 Å². The van der Waals surface area contributed by atoms with Gasteiger partial charge in [-0.2, -0.15) is 0 Å². The van der Waals surface area contributed by atoms with Gasteiger partial charge in [0.15, 0.2) is 5.78 Å². The second kappa shape index (κ2) is 3.50. The van der Waals surface area contributed by atoms with Crippen LogP contribution >= 0.6 is 12.6 Å². The van der Waals surface area contributed by atoms with Crippen LogP contribution in [0.15, 0.2) is 24.3 Å². The highest BCUT2D eigenvalue weighted by Gasteiger charge is 2.13. The first kappa shape index (κ1) is 9.34. The number of nitrogens with one attached hydrogen (secondary N) is 1. The molecule has 0 aliphatic heterocycles. The highest BCUT2D eigenvalue weighted by molar-refractivity contribution is 7.81. The monoisotopic (exact) mass is 204 g/mol. The van der Waals surface area contributed by atoms with E-state index in [4.69, 9.17) is 12.6 Å². The summed E-state index contributed by atoms with van der Waals surface area (Å²) in [6, 6.07) is 7.77. The molecule has 14 heavy (non-hydrogen) atoms. The number of rotatable bonds is 2. The Labute approximate surface area is 87.7 Å². The molecule has 2 rings (SSSR count). The summed E-state index contributed by atoms with van der Waals surface area (Å²) in [6.45, 7) is 1.90. The predicted molar refractivity (Wildman–Crippen MR) is 59.8 cm³/mol. The molecule has 3 heteroatoms. The Morgan fingerprint density at radius 1 is 1.43 bits per heavy atom. The summed E-state index contributed by atoms with van der Waals surface area (Å²) < 4.78 is 0. The molecule has 0 amide bonds. The van der Waals surface area contributed by atoms with Gasteiger partial charge in [0.25, 0.3) is 0 Å². The number of aromatic nitrogens is 1. The molecular formula is C11H10NOS. The van der Waals surface area contributed by atoms with Crippen molar-refractivity contribution >= 4 is 29.3 Å². The molecule has 0 aliphatic rings. The van der Waals surface area contributed by atoms with Crippen LogP contribution in [0.1, 0.15) is 16.1 Å². The first-order chi connectivity index (χ1) is 6.74. The van der Waals surface area contributed by atoms with Gasteiger partial charge >= 0.3 is 0 Å². The Morgan fingerprint density at radius 2 is 2.14 bits per heavy atom. The maximum Gasteiger partial charge on any atom is 0.176 e. The number of ketones is 1. The van der Waals surface area contributed by atoms with Crippen LogP contribution in [0.25, 0.3) is 10.9 Å². The van der Waals surface area contributed by atoms with Crippen LogP contribution in [0.2, 0.25) is 0 Å². The van der Waals surface area contributed by atoms with E-state index in [0.717, 1.165) is 22.2 Å². The Kier molecular flexibility index (Phi) is 2.33. The fraction of sp³-hybridized carbons (Fsp3) is 0.182. The molecule has 71 valence electrons. The van der Waals surface area contributed by atoms with Crippen LogP contribution in [-0.4, -0.2) is 16.5 Å². The maximum absolute atomic E-state index is 11.6. The summed E-state index contributed by atoms with van der Waals surface area (Å²) in [5.74, 6) is 0.165. The summed E-state index contributed by atoms with van der Waals surface area (Å²) >= 11 is 4.78. The minimum Gasteiger partial charge on any atom is -0.358 e. The molecule has 1 heterocycles. The molecule has 0 unspecified atom stereocenters. The number of carbonyl (C=O) groups is 1. The highest BCUT2D eigenvalue weighted by Crippen LogP contribution is 2.22.